The van der Waals surface area contributed by atoms with Crippen LogP contribution in [-0.2, 0) is 30.7 Å². The molecule has 1 N–H and O–H groups in total. The zero-order valence-electron chi connectivity index (χ0n) is 21.1. The Morgan fingerprint density at radius 1 is 0.865 bits per heavy atom. The summed E-state index contributed by atoms with van der Waals surface area (Å²) in [4.78, 5) is 20.0. The highest BCUT2D eigenvalue weighted by atomic mass is 16.5. The molecular weight excluding hydrogens is 458 g/mol. The number of ether oxygens (including phenoxy) is 1. The first-order valence-electron chi connectivity index (χ1n) is 13.0. The first kappa shape index (κ1) is 24.6. The van der Waals surface area contributed by atoms with E-state index in [9.17, 15) is 4.79 Å². The first-order valence-corrected chi connectivity index (χ1v) is 13.0. The van der Waals surface area contributed by atoms with Crippen molar-refractivity contribution in [1.82, 2.24) is 9.88 Å². The lowest BCUT2D eigenvalue weighted by atomic mass is 10.0. The van der Waals surface area contributed by atoms with Gasteiger partial charge in [0.1, 0.15) is 12.4 Å². The number of nitrogens with zero attached hydrogens (tertiary/aromatic N) is 2. The quantitative estimate of drug-likeness (QED) is 0.357. The SMILES string of the molecule is O=C(CCCc1ccncc1)N1Cc2ccccc2NCc2ccccc2OC[C@@H]1Cc1ccccc1. The topological polar surface area (TPSA) is 54.5 Å². The third-order valence-electron chi connectivity index (χ3n) is 6.91. The van der Waals surface area contributed by atoms with Crippen molar-refractivity contribution < 1.29 is 9.53 Å². The fourth-order valence-electron chi connectivity index (χ4n) is 4.88. The second kappa shape index (κ2) is 12.2. The molecule has 0 unspecified atom stereocenters. The number of amides is 1. The van der Waals surface area contributed by atoms with E-state index < -0.39 is 0 Å². The van der Waals surface area contributed by atoms with Crippen LogP contribution in [0, 0.1) is 0 Å². The molecule has 1 aliphatic heterocycles. The maximum absolute atomic E-state index is 13.8. The Labute approximate surface area is 219 Å². The van der Waals surface area contributed by atoms with Gasteiger partial charge in [-0.25, -0.2) is 0 Å². The molecule has 5 rings (SSSR count). The normalized spacial score (nSPS) is 15.4. The minimum absolute atomic E-state index is 0.102. The van der Waals surface area contributed by atoms with Crippen LogP contribution in [0.25, 0.3) is 0 Å². The molecule has 1 atom stereocenters. The Bertz CT molecular complexity index is 1290. The van der Waals surface area contributed by atoms with Gasteiger partial charge in [0.15, 0.2) is 0 Å². The number of carbonyl (C=O) groups is 1. The molecule has 0 saturated carbocycles. The summed E-state index contributed by atoms with van der Waals surface area (Å²) in [5.74, 6) is 1.01. The lowest BCUT2D eigenvalue weighted by molar-refractivity contribution is -0.135. The van der Waals surface area contributed by atoms with Gasteiger partial charge in [-0.15, -0.1) is 0 Å². The third-order valence-corrected chi connectivity index (χ3v) is 6.91. The minimum Gasteiger partial charge on any atom is -0.491 e. The molecule has 0 spiro atoms. The molecule has 188 valence electrons. The molecule has 1 aliphatic rings. The zero-order chi connectivity index (χ0) is 25.3. The van der Waals surface area contributed by atoms with Crippen LogP contribution in [0.1, 0.15) is 35.1 Å². The Kier molecular flexibility index (Phi) is 8.11. The molecular formula is C32H33N3O2. The molecule has 5 nitrogen and oxygen atoms in total. The molecule has 1 aromatic heterocycles. The lowest BCUT2D eigenvalue weighted by Gasteiger charge is -2.33. The van der Waals surface area contributed by atoms with E-state index in [1.165, 1.54) is 11.1 Å². The molecule has 0 aliphatic carbocycles. The highest BCUT2D eigenvalue weighted by molar-refractivity contribution is 5.77. The smallest absolute Gasteiger partial charge is 0.223 e. The van der Waals surface area contributed by atoms with Crippen molar-refractivity contribution in [2.24, 2.45) is 0 Å². The second-order valence-electron chi connectivity index (χ2n) is 9.50. The Morgan fingerprint density at radius 2 is 1.59 bits per heavy atom. The lowest BCUT2D eigenvalue weighted by Crippen LogP contribution is -2.44. The van der Waals surface area contributed by atoms with Crippen LogP contribution in [0.15, 0.2) is 103 Å². The van der Waals surface area contributed by atoms with Crippen molar-refractivity contribution in [3.63, 3.8) is 0 Å². The molecule has 0 fully saturated rings. The molecule has 3 aromatic carbocycles. The molecule has 37 heavy (non-hydrogen) atoms. The van der Waals surface area contributed by atoms with Gasteiger partial charge in [-0.2, -0.15) is 0 Å². The Balaban J connectivity index is 1.45. The largest absolute Gasteiger partial charge is 0.491 e. The zero-order valence-corrected chi connectivity index (χ0v) is 21.1. The van der Waals surface area contributed by atoms with E-state index >= 15 is 0 Å². The summed E-state index contributed by atoms with van der Waals surface area (Å²) in [5, 5.41) is 3.58. The number of aryl methyl sites for hydroxylation is 1. The van der Waals surface area contributed by atoms with Gasteiger partial charge in [0, 0.05) is 43.2 Å². The number of hydrogen-bond acceptors (Lipinski definition) is 4. The average Bonchev–Trinajstić information content (AvgIpc) is 2.97. The number of fused-ring (bicyclic) bond motifs is 2. The van der Waals surface area contributed by atoms with Crippen molar-refractivity contribution >= 4 is 11.6 Å². The van der Waals surface area contributed by atoms with Gasteiger partial charge in [0.05, 0.1) is 6.04 Å². The number of nitrogens with one attached hydrogen (secondary N) is 1. The number of hydrogen-bond donors (Lipinski definition) is 1. The van der Waals surface area contributed by atoms with Crippen molar-refractivity contribution in [3.05, 3.63) is 126 Å². The molecule has 4 aromatic rings. The van der Waals surface area contributed by atoms with Gasteiger partial charge in [-0.3, -0.25) is 9.78 Å². The number of rotatable bonds is 6. The van der Waals surface area contributed by atoms with Crippen LogP contribution in [0.5, 0.6) is 5.75 Å². The average molecular weight is 492 g/mol. The molecule has 1 amide bonds. The van der Waals surface area contributed by atoms with Gasteiger partial charge in [-0.1, -0.05) is 66.7 Å². The third kappa shape index (κ3) is 6.56. The van der Waals surface area contributed by atoms with Crippen molar-refractivity contribution in [2.75, 3.05) is 11.9 Å². The maximum atomic E-state index is 13.8. The monoisotopic (exact) mass is 491 g/mol. The van der Waals surface area contributed by atoms with Gasteiger partial charge >= 0.3 is 0 Å². The number of anilines is 1. The standard InChI is InChI=1S/C32H33N3O2/c36-32(16-8-11-25-17-19-33-20-18-25)35-23-28-13-4-6-14-30(28)34-22-27-12-5-7-15-31(27)37-24-29(35)21-26-9-2-1-3-10-26/h1-7,9-10,12-15,17-20,29,34H,8,11,16,21-24H2/t29-/m0/s1. The number of pyridine rings is 1. The van der Waals surface area contributed by atoms with Crippen LogP contribution < -0.4 is 10.1 Å². The van der Waals surface area contributed by atoms with Gasteiger partial charge < -0.3 is 15.0 Å². The summed E-state index contributed by atoms with van der Waals surface area (Å²) in [6, 6.07) is 30.8. The van der Waals surface area contributed by atoms with Crippen LogP contribution in [-0.4, -0.2) is 28.4 Å². The summed E-state index contributed by atoms with van der Waals surface area (Å²) < 4.78 is 6.42. The maximum Gasteiger partial charge on any atom is 0.223 e. The summed E-state index contributed by atoms with van der Waals surface area (Å²) in [6.07, 6.45) is 6.47. The van der Waals surface area contributed by atoms with E-state index in [2.05, 4.69) is 52.8 Å². The van der Waals surface area contributed by atoms with E-state index in [1.807, 2.05) is 53.4 Å². The van der Waals surface area contributed by atoms with E-state index in [1.54, 1.807) is 12.4 Å². The van der Waals surface area contributed by atoms with E-state index in [4.69, 9.17) is 4.74 Å². The highest BCUT2D eigenvalue weighted by Gasteiger charge is 2.26. The van der Waals surface area contributed by atoms with Crippen molar-refractivity contribution in [1.29, 1.82) is 0 Å². The Hall–Kier alpha value is -4.12. The molecule has 0 radical (unpaired) electrons. The Morgan fingerprint density at radius 3 is 2.43 bits per heavy atom. The number of benzene rings is 3. The van der Waals surface area contributed by atoms with Gasteiger partial charge in [0.25, 0.3) is 0 Å². The van der Waals surface area contributed by atoms with Crippen molar-refractivity contribution in [3.8, 4) is 5.75 Å². The summed E-state index contributed by atoms with van der Waals surface area (Å²) >= 11 is 0. The van der Waals surface area contributed by atoms with E-state index in [0.29, 0.717) is 26.1 Å². The molecule has 5 heteroatoms. The number of carbonyl (C=O) groups excluding carboxylic acids is 1. The fraction of sp³-hybridized carbons (Fsp3) is 0.250. The highest BCUT2D eigenvalue weighted by Crippen LogP contribution is 2.26. The van der Waals surface area contributed by atoms with E-state index in [-0.39, 0.29) is 11.9 Å². The summed E-state index contributed by atoms with van der Waals surface area (Å²) in [7, 11) is 0. The number of para-hydroxylation sites is 2. The summed E-state index contributed by atoms with van der Waals surface area (Å²) in [5.41, 5.74) is 5.67. The predicted octanol–water partition coefficient (Wildman–Crippen LogP) is 6.05. The molecule has 0 saturated heterocycles. The van der Waals surface area contributed by atoms with Gasteiger partial charge in [0.2, 0.25) is 5.91 Å². The minimum atomic E-state index is -0.102. The summed E-state index contributed by atoms with van der Waals surface area (Å²) in [6.45, 7) is 1.63. The van der Waals surface area contributed by atoms with Crippen LogP contribution >= 0.6 is 0 Å². The van der Waals surface area contributed by atoms with E-state index in [0.717, 1.165) is 41.8 Å². The first-order chi connectivity index (χ1) is 18.3. The number of aromatic nitrogens is 1. The fourth-order valence-corrected chi connectivity index (χ4v) is 4.88. The second-order valence-corrected chi connectivity index (χ2v) is 9.50. The predicted molar refractivity (Wildman–Crippen MR) is 147 cm³/mol. The molecule has 2 heterocycles. The van der Waals surface area contributed by atoms with Crippen LogP contribution in [0.3, 0.4) is 0 Å². The molecule has 0 bridgehead atoms. The van der Waals surface area contributed by atoms with Crippen molar-refractivity contribution in [2.45, 2.75) is 44.8 Å². The van der Waals surface area contributed by atoms with Crippen LogP contribution in [0.4, 0.5) is 5.69 Å². The van der Waals surface area contributed by atoms with Gasteiger partial charge in [-0.05, 0) is 60.2 Å². The van der Waals surface area contributed by atoms with Crippen LogP contribution in [0.2, 0.25) is 0 Å².